The van der Waals surface area contributed by atoms with Gasteiger partial charge in [-0.05, 0) is 37.0 Å². The van der Waals surface area contributed by atoms with Crippen molar-refractivity contribution in [2.75, 3.05) is 13.2 Å². The lowest BCUT2D eigenvalue weighted by atomic mass is 9.90. The molecular formula is C13H17NO4. The van der Waals surface area contributed by atoms with Gasteiger partial charge in [0, 0.05) is 5.56 Å². The predicted molar refractivity (Wildman–Crippen MR) is 66.3 cm³/mol. The quantitative estimate of drug-likeness (QED) is 0.549. The van der Waals surface area contributed by atoms with E-state index in [2.05, 4.69) is 5.16 Å². The average Bonchev–Trinajstić information content (AvgIpc) is 2.43. The Morgan fingerprint density at radius 2 is 2.17 bits per heavy atom. The molecule has 1 aliphatic carbocycles. The van der Waals surface area contributed by atoms with Gasteiger partial charge in [0.15, 0.2) is 0 Å². The minimum absolute atomic E-state index is 0.0425. The van der Waals surface area contributed by atoms with E-state index in [-0.39, 0.29) is 13.2 Å². The molecule has 5 nitrogen and oxygen atoms in total. The number of oxime groups is 1. The predicted octanol–water partition coefficient (Wildman–Crippen LogP) is 0.933. The fourth-order valence-electron chi connectivity index (χ4n) is 2.06. The lowest BCUT2D eigenvalue weighted by Crippen LogP contribution is -2.21. The van der Waals surface area contributed by atoms with Gasteiger partial charge in [0.25, 0.3) is 0 Å². The van der Waals surface area contributed by atoms with Crippen LogP contribution in [0, 0.1) is 0 Å². The Balaban J connectivity index is 2.15. The molecule has 1 atom stereocenters. The summed E-state index contributed by atoms with van der Waals surface area (Å²) in [6, 6.07) is 5.58. The molecule has 0 radical (unpaired) electrons. The Morgan fingerprint density at radius 1 is 1.33 bits per heavy atom. The van der Waals surface area contributed by atoms with E-state index in [1.165, 1.54) is 0 Å². The van der Waals surface area contributed by atoms with Crippen LogP contribution in [-0.4, -0.2) is 40.4 Å². The number of aryl methyl sites for hydroxylation is 1. The maximum Gasteiger partial charge on any atom is 0.120 e. The molecule has 1 aromatic carbocycles. The third-order valence-corrected chi connectivity index (χ3v) is 3.03. The molecule has 18 heavy (non-hydrogen) atoms. The first kappa shape index (κ1) is 12.9. The molecule has 2 rings (SSSR count). The molecular weight excluding hydrogens is 234 g/mol. The summed E-state index contributed by atoms with van der Waals surface area (Å²) in [6.07, 6.45) is 1.82. The Morgan fingerprint density at radius 3 is 2.89 bits per heavy atom. The van der Waals surface area contributed by atoms with Crippen molar-refractivity contribution in [2.24, 2.45) is 5.16 Å². The van der Waals surface area contributed by atoms with Gasteiger partial charge in [-0.2, -0.15) is 0 Å². The monoisotopic (exact) mass is 251 g/mol. The molecule has 1 aliphatic rings. The SMILES string of the molecule is OCC(O)COc1ccc2c(c1)/C(=N\O)CCC2. The highest BCUT2D eigenvalue weighted by molar-refractivity contribution is 6.02. The third-order valence-electron chi connectivity index (χ3n) is 3.03. The number of hydrogen-bond acceptors (Lipinski definition) is 5. The van der Waals surface area contributed by atoms with Crippen molar-refractivity contribution in [3.63, 3.8) is 0 Å². The second-order valence-corrected chi connectivity index (χ2v) is 4.37. The second-order valence-electron chi connectivity index (χ2n) is 4.37. The summed E-state index contributed by atoms with van der Waals surface area (Å²) in [6.45, 7) is -0.283. The molecule has 0 saturated carbocycles. The van der Waals surface area contributed by atoms with Gasteiger partial charge >= 0.3 is 0 Å². The van der Waals surface area contributed by atoms with E-state index in [0.29, 0.717) is 11.5 Å². The fourth-order valence-corrected chi connectivity index (χ4v) is 2.06. The number of hydrogen-bond donors (Lipinski definition) is 3. The summed E-state index contributed by atoms with van der Waals surface area (Å²) < 4.78 is 5.37. The van der Waals surface area contributed by atoms with Gasteiger partial charge in [0.1, 0.15) is 18.5 Å². The highest BCUT2D eigenvalue weighted by Crippen LogP contribution is 2.26. The van der Waals surface area contributed by atoms with E-state index < -0.39 is 6.10 Å². The molecule has 1 unspecified atom stereocenters. The molecule has 0 amide bonds. The minimum Gasteiger partial charge on any atom is -0.491 e. The van der Waals surface area contributed by atoms with Crippen LogP contribution in [0.15, 0.2) is 23.4 Å². The minimum atomic E-state index is -0.882. The third kappa shape index (κ3) is 2.80. The number of aliphatic hydroxyl groups is 2. The van der Waals surface area contributed by atoms with Crippen molar-refractivity contribution in [1.29, 1.82) is 0 Å². The summed E-state index contributed by atoms with van der Waals surface area (Å²) in [5, 5.41) is 30.2. The summed E-state index contributed by atoms with van der Waals surface area (Å²) in [7, 11) is 0. The van der Waals surface area contributed by atoms with Crippen LogP contribution in [0.4, 0.5) is 0 Å². The van der Waals surface area contributed by atoms with Gasteiger partial charge in [-0.25, -0.2) is 0 Å². The Kier molecular flexibility index (Phi) is 4.17. The molecule has 98 valence electrons. The van der Waals surface area contributed by atoms with Gasteiger partial charge in [-0.15, -0.1) is 0 Å². The molecule has 0 aromatic heterocycles. The van der Waals surface area contributed by atoms with Gasteiger partial charge in [-0.1, -0.05) is 11.2 Å². The van der Waals surface area contributed by atoms with Gasteiger partial charge < -0.3 is 20.2 Å². The first-order chi connectivity index (χ1) is 8.74. The molecule has 0 spiro atoms. The maximum absolute atomic E-state index is 9.22. The first-order valence-corrected chi connectivity index (χ1v) is 6.00. The van der Waals surface area contributed by atoms with Gasteiger partial charge in [0.2, 0.25) is 0 Å². The lowest BCUT2D eigenvalue weighted by Gasteiger charge is -2.18. The lowest BCUT2D eigenvalue weighted by molar-refractivity contribution is 0.0536. The fraction of sp³-hybridized carbons (Fsp3) is 0.462. The van der Waals surface area contributed by atoms with Crippen LogP contribution < -0.4 is 4.74 Å². The molecule has 0 aliphatic heterocycles. The van der Waals surface area contributed by atoms with E-state index >= 15 is 0 Å². The summed E-state index contributed by atoms with van der Waals surface area (Å²) in [5.41, 5.74) is 2.72. The number of benzene rings is 1. The Labute approximate surface area is 105 Å². The van der Waals surface area contributed by atoms with Crippen molar-refractivity contribution < 1.29 is 20.2 Å². The van der Waals surface area contributed by atoms with Crippen molar-refractivity contribution >= 4 is 5.71 Å². The van der Waals surface area contributed by atoms with Crippen LogP contribution in [-0.2, 0) is 6.42 Å². The molecule has 5 heteroatoms. The van der Waals surface area contributed by atoms with Crippen molar-refractivity contribution in [3.05, 3.63) is 29.3 Å². The van der Waals surface area contributed by atoms with E-state index in [9.17, 15) is 5.11 Å². The molecule has 1 aromatic rings. The van der Waals surface area contributed by atoms with E-state index in [4.69, 9.17) is 15.1 Å². The smallest absolute Gasteiger partial charge is 0.120 e. The summed E-state index contributed by atoms with van der Waals surface area (Å²) >= 11 is 0. The highest BCUT2D eigenvalue weighted by atomic mass is 16.5. The van der Waals surface area contributed by atoms with Crippen LogP contribution in [0.5, 0.6) is 5.75 Å². The van der Waals surface area contributed by atoms with Crippen molar-refractivity contribution in [1.82, 2.24) is 0 Å². The Bertz CT molecular complexity index is 445. The molecule has 3 N–H and O–H groups in total. The summed E-state index contributed by atoms with van der Waals surface area (Å²) in [5.74, 6) is 0.601. The average molecular weight is 251 g/mol. The zero-order chi connectivity index (χ0) is 13.0. The van der Waals surface area contributed by atoms with Gasteiger partial charge in [0.05, 0.1) is 12.3 Å². The maximum atomic E-state index is 9.22. The van der Waals surface area contributed by atoms with Crippen LogP contribution in [0.3, 0.4) is 0 Å². The van der Waals surface area contributed by atoms with Crippen LogP contribution in [0.1, 0.15) is 24.0 Å². The van der Waals surface area contributed by atoms with Crippen LogP contribution in [0.25, 0.3) is 0 Å². The zero-order valence-corrected chi connectivity index (χ0v) is 10.0. The molecule has 0 bridgehead atoms. The normalized spacial score (nSPS) is 18.4. The van der Waals surface area contributed by atoms with Crippen molar-refractivity contribution in [2.45, 2.75) is 25.4 Å². The zero-order valence-electron chi connectivity index (χ0n) is 10.0. The van der Waals surface area contributed by atoms with E-state index in [1.807, 2.05) is 18.2 Å². The molecule has 0 fully saturated rings. The standard InChI is InChI=1S/C13H17NO4/c15-7-10(16)8-18-11-5-4-9-2-1-3-13(14-17)12(9)6-11/h4-6,10,15-17H,1-3,7-8H2/b14-13-. The Hall–Kier alpha value is -1.59. The topological polar surface area (TPSA) is 82.3 Å². The largest absolute Gasteiger partial charge is 0.491 e. The number of fused-ring (bicyclic) bond motifs is 1. The van der Waals surface area contributed by atoms with Gasteiger partial charge in [-0.3, -0.25) is 0 Å². The van der Waals surface area contributed by atoms with E-state index in [1.54, 1.807) is 0 Å². The second kappa shape index (κ2) is 5.84. The number of ether oxygens (including phenoxy) is 1. The van der Waals surface area contributed by atoms with E-state index in [0.717, 1.165) is 30.4 Å². The number of aliphatic hydroxyl groups excluding tert-OH is 2. The molecule has 0 heterocycles. The van der Waals surface area contributed by atoms with Crippen LogP contribution in [0.2, 0.25) is 0 Å². The van der Waals surface area contributed by atoms with Crippen molar-refractivity contribution in [3.8, 4) is 5.75 Å². The van der Waals surface area contributed by atoms with Crippen LogP contribution >= 0.6 is 0 Å². The first-order valence-electron chi connectivity index (χ1n) is 6.00. The number of rotatable bonds is 4. The highest BCUT2D eigenvalue weighted by Gasteiger charge is 2.17. The number of nitrogens with zero attached hydrogens (tertiary/aromatic N) is 1. The molecule has 0 saturated heterocycles. The summed E-state index contributed by atoms with van der Waals surface area (Å²) in [4.78, 5) is 0.